The quantitative estimate of drug-likeness (QED) is 0.779. The van der Waals surface area contributed by atoms with E-state index in [9.17, 15) is 4.79 Å². The van der Waals surface area contributed by atoms with Crippen LogP contribution in [0.5, 0.6) is 5.75 Å². The lowest BCUT2D eigenvalue weighted by Crippen LogP contribution is -2.22. The van der Waals surface area contributed by atoms with Gasteiger partial charge in [-0.3, -0.25) is 4.79 Å². The third-order valence-corrected chi connectivity index (χ3v) is 3.71. The summed E-state index contributed by atoms with van der Waals surface area (Å²) in [5.74, 6) is 0.600. The number of ether oxygens (including phenoxy) is 1. The third-order valence-electron chi connectivity index (χ3n) is 3.71. The van der Waals surface area contributed by atoms with Crippen molar-refractivity contribution in [3.8, 4) is 17.0 Å². The van der Waals surface area contributed by atoms with Crippen LogP contribution in [0.2, 0.25) is 0 Å². The van der Waals surface area contributed by atoms with E-state index in [1.165, 1.54) is 0 Å². The summed E-state index contributed by atoms with van der Waals surface area (Å²) >= 11 is 0. The van der Waals surface area contributed by atoms with E-state index < -0.39 is 0 Å². The fourth-order valence-electron chi connectivity index (χ4n) is 2.35. The van der Waals surface area contributed by atoms with Crippen molar-refractivity contribution in [2.45, 2.75) is 13.5 Å². The molecule has 0 atom stereocenters. The summed E-state index contributed by atoms with van der Waals surface area (Å²) in [4.78, 5) is 12.2. The van der Waals surface area contributed by atoms with Crippen molar-refractivity contribution < 1.29 is 14.1 Å². The zero-order chi connectivity index (χ0) is 16.9. The number of methoxy groups -OCH3 is 1. The first-order valence-electron chi connectivity index (χ1n) is 7.61. The molecule has 5 nitrogen and oxygen atoms in total. The number of rotatable bonds is 5. The van der Waals surface area contributed by atoms with Crippen molar-refractivity contribution in [2.75, 3.05) is 7.11 Å². The van der Waals surface area contributed by atoms with Crippen LogP contribution in [0.25, 0.3) is 11.3 Å². The van der Waals surface area contributed by atoms with Crippen LogP contribution in [-0.4, -0.2) is 18.2 Å². The van der Waals surface area contributed by atoms with Crippen LogP contribution in [0, 0.1) is 6.92 Å². The van der Waals surface area contributed by atoms with E-state index >= 15 is 0 Å². The van der Waals surface area contributed by atoms with Crippen LogP contribution in [0.3, 0.4) is 0 Å². The highest BCUT2D eigenvalue weighted by atomic mass is 16.5. The highest BCUT2D eigenvalue weighted by Gasteiger charge is 2.14. The van der Waals surface area contributed by atoms with Crippen LogP contribution >= 0.6 is 0 Å². The molecular formula is C19H18N2O3. The highest BCUT2D eigenvalue weighted by Crippen LogP contribution is 2.20. The van der Waals surface area contributed by atoms with Crippen LogP contribution in [0.15, 0.2) is 59.1 Å². The molecule has 3 aromatic rings. The summed E-state index contributed by atoms with van der Waals surface area (Å²) in [5.41, 5.74) is 3.61. The van der Waals surface area contributed by atoms with Crippen LogP contribution in [0.4, 0.5) is 0 Å². The first-order valence-corrected chi connectivity index (χ1v) is 7.61. The zero-order valence-corrected chi connectivity index (χ0v) is 13.6. The average Bonchev–Trinajstić information content (AvgIpc) is 3.10. The van der Waals surface area contributed by atoms with Gasteiger partial charge in [0.15, 0.2) is 0 Å². The fraction of sp³-hybridized carbons (Fsp3) is 0.158. The number of para-hydroxylation sites is 1. The highest BCUT2D eigenvalue weighted by molar-refractivity contribution is 5.92. The Kier molecular flexibility index (Phi) is 4.61. The zero-order valence-electron chi connectivity index (χ0n) is 13.6. The van der Waals surface area contributed by atoms with E-state index in [4.69, 9.17) is 9.26 Å². The van der Waals surface area contributed by atoms with Gasteiger partial charge in [0.25, 0.3) is 5.91 Å². The molecule has 24 heavy (non-hydrogen) atoms. The standard InChI is InChI=1S/C19H18N2O3/c1-13-7-9-14(10-8-13)16-11-18(24-21-16)19(22)20-12-15-5-3-4-6-17(15)23-2/h3-11H,12H2,1-2H3,(H,20,22). The molecule has 3 rings (SSSR count). The molecule has 0 unspecified atom stereocenters. The Labute approximate surface area is 140 Å². The molecule has 1 amide bonds. The van der Waals surface area contributed by atoms with Gasteiger partial charge in [-0.2, -0.15) is 0 Å². The summed E-state index contributed by atoms with van der Waals surface area (Å²) in [6.07, 6.45) is 0. The number of nitrogens with zero attached hydrogens (tertiary/aromatic N) is 1. The minimum absolute atomic E-state index is 0.181. The molecule has 0 aliphatic carbocycles. The molecule has 0 fully saturated rings. The predicted molar refractivity (Wildman–Crippen MR) is 90.8 cm³/mol. The Bertz CT molecular complexity index is 838. The summed E-state index contributed by atoms with van der Waals surface area (Å²) in [5, 5.41) is 6.78. The number of amides is 1. The van der Waals surface area contributed by atoms with Gasteiger partial charge in [0, 0.05) is 23.7 Å². The minimum atomic E-state index is -0.313. The van der Waals surface area contributed by atoms with E-state index in [1.807, 2.05) is 55.5 Å². The van der Waals surface area contributed by atoms with Crippen molar-refractivity contribution >= 4 is 5.91 Å². The smallest absolute Gasteiger partial charge is 0.290 e. The van der Waals surface area contributed by atoms with E-state index in [0.717, 1.165) is 22.4 Å². The Hall–Kier alpha value is -3.08. The van der Waals surface area contributed by atoms with Gasteiger partial charge in [-0.25, -0.2) is 0 Å². The van der Waals surface area contributed by atoms with Gasteiger partial charge in [0.1, 0.15) is 11.4 Å². The number of aromatic nitrogens is 1. The number of nitrogens with one attached hydrogen (secondary N) is 1. The molecule has 0 saturated carbocycles. The first kappa shape index (κ1) is 15.8. The number of hydrogen-bond acceptors (Lipinski definition) is 4. The summed E-state index contributed by atoms with van der Waals surface area (Å²) < 4.78 is 10.4. The molecule has 0 bridgehead atoms. The van der Waals surface area contributed by atoms with Crippen molar-refractivity contribution in [3.63, 3.8) is 0 Å². The molecule has 122 valence electrons. The fourth-order valence-corrected chi connectivity index (χ4v) is 2.35. The average molecular weight is 322 g/mol. The van der Waals surface area contributed by atoms with Gasteiger partial charge in [0.2, 0.25) is 5.76 Å². The molecule has 0 spiro atoms. The minimum Gasteiger partial charge on any atom is -0.496 e. The second-order valence-corrected chi connectivity index (χ2v) is 5.44. The number of carbonyl (C=O) groups is 1. The molecule has 5 heteroatoms. The Morgan fingerprint density at radius 3 is 2.67 bits per heavy atom. The van der Waals surface area contributed by atoms with E-state index in [1.54, 1.807) is 13.2 Å². The number of hydrogen-bond donors (Lipinski definition) is 1. The van der Waals surface area contributed by atoms with Gasteiger partial charge in [-0.1, -0.05) is 53.2 Å². The lowest BCUT2D eigenvalue weighted by Gasteiger charge is -2.08. The van der Waals surface area contributed by atoms with Crippen LogP contribution in [0.1, 0.15) is 21.7 Å². The van der Waals surface area contributed by atoms with Gasteiger partial charge >= 0.3 is 0 Å². The van der Waals surface area contributed by atoms with Gasteiger partial charge in [-0.05, 0) is 13.0 Å². The maximum Gasteiger partial charge on any atom is 0.290 e. The Morgan fingerprint density at radius 1 is 1.17 bits per heavy atom. The Morgan fingerprint density at radius 2 is 1.92 bits per heavy atom. The van der Waals surface area contributed by atoms with E-state index in [0.29, 0.717) is 12.2 Å². The Balaban J connectivity index is 1.69. The third kappa shape index (κ3) is 3.46. The van der Waals surface area contributed by atoms with E-state index in [2.05, 4.69) is 10.5 Å². The van der Waals surface area contributed by atoms with Crippen molar-refractivity contribution in [1.82, 2.24) is 10.5 Å². The number of benzene rings is 2. The summed E-state index contributed by atoms with van der Waals surface area (Å²) in [6.45, 7) is 2.37. The maximum atomic E-state index is 12.2. The second kappa shape index (κ2) is 7.00. The summed E-state index contributed by atoms with van der Waals surface area (Å²) in [7, 11) is 1.60. The lowest BCUT2D eigenvalue weighted by molar-refractivity contribution is 0.0914. The first-order chi connectivity index (χ1) is 11.7. The monoisotopic (exact) mass is 322 g/mol. The maximum absolute atomic E-state index is 12.2. The van der Waals surface area contributed by atoms with E-state index in [-0.39, 0.29) is 11.7 Å². The van der Waals surface area contributed by atoms with Gasteiger partial charge in [0.05, 0.1) is 7.11 Å². The largest absolute Gasteiger partial charge is 0.496 e. The molecule has 1 N–H and O–H groups in total. The second-order valence-electron chi connectivity index (χ2n) is 5.44. The molecular weight excluding hydrogens is 304 g/mol. The molecule has 0 saturated heterocycles. The number of aryl methyl sites for hydroxylation is 1. The van der Waals surface area contributed by atoms with Crippen LogP contribution < -0.4 is 10.1 Å². The molecule has 0 aliphatic heterocycles. The molecule has 0 radical (unpaired) electrons. The molecule has 1 aromatic heterocycles. The molecule has 2 aromatic carbocycles. The SMILES string of the molecule is COc1ccccc1CNC(=O)c1cc(-c2ccc(C)cc2)no1. The number of carbonyl (C=O) groups excluding carboxylic acids is 1. The predicted octanol–water partition coefficient (Wildman–Crippen LogP) is 3.59. The van der Waals surface area contributed by atoms with Crippen LogP contribution in [-0.2, 0) is 6.54 Å². The van der Waals surface area contributed by atoms with Crippen molar-refractivity contribution in [3.05, 3.63) is 71.5 Å². The van der Waals surface area contributed by atoms with Gasteiger partial charge < -0.3 is 14.6 Å². The summed E-state index contributed by atoms with van der Waals surface area (Å²) in [6, 6.07) is 17.1. The topological polar surface area (TPSA) is 64.4 Å². The lowest BCUT2D eigenvalue weighted by atomic mass is 10.1. The van der Waals surface area contributed by atoms with Gasteiger partial charge in [-0.15, -0.1) is 0 Å². The normalized spacial score (nSPS) is 10.4. The van der Waals surface area contributed by atoms with Crippen molar-refractivity contribution in [2.24, 2.45) is 0 Å². The van der Waals surface area contributed by atoms with Crippen molar-refractivity contribution in [1.29, 1.82) is 0 Å². The molecule has 0 aliphatic rings. The molecule has 1 heterocycles.